The Kier molecular flexibility index (Phi) is 9.09. The summed E-state index contributed by atoms with van der Waals surface area (Å²) >= 11 is 0. The van der Waals surface area contributed by atoms with Crippen LogP contribution in [-0.4, -0.2) is 39.3 Å². The number of imidazole rings is 1. The van der Waals surface area contributed by atoms with Crippen molar-refractivity contribution in [1.82, 2.24) is 39.3 Å². The Morgan fingerprint density at radius 3 is 2.18 bits per heavy atom. The van der Waals surface area contributed by atoms with E-state index in [-0.39, 0.29) is 11.2 Å². The number of rotatable bonds is 13. The van der Waals surface area contributed by atoms with Gasteiger partial charge in [0.2, 0.25) is 0 Å². The fraction of sp³-hybridized carbons (Fsp3) is 0.314. The van der Waals surface area contributed by atoms with Gasteiger partial charge in [-0.2, -0.15) is 0 Å². The van der Waals surface area contributed by atoms with E-state index in [1.165, 1.54) is 4.57 Å². The van der Waals surface area contributed by atoms with Crippen molar-refractivity contribution in [3.63, 3.8) is 0 Å². The summed E-state index contributed by atoms with van der Waals surface area (Å²) in [5.74, 6) is 1.45. The lowest BCUT2D eigenvalue weighted by Gasteiger charge is -2.13. The lowest BCUT2D eigenvalue weighted by Crippen LogP contribution is -2.41. The SMILES string of the molecule is CCCCCc1nc2c(c(=O)n(CCc3ccccc3)c(=O)n2CCC)n1Cc1ccc(-c2ccccc2-c2nnn[nH]2)cc1. The first-order valence-electron chi connectivity index (χ1n) is 15.8. The molecule has 45 heavy (non-hydrogen) atoms. The molecular weight excluding hydrogens is 564 g/mol. The molecular formula is C35H38N8O2. The summed E-state index contributed by atoms with van der Waals surface area (Å²) < 4.78 is 5.14. The third-order valence-electron chi connectivity index (χ3n) is 8.24. The molecule has 0 amide bonds. The highest BCUT2D eigenvalue weighted by atomic mass is 16.2. The Balaban J connectivity index is 1.41. The predicted molar refractivity (Wildman–Crippen MR) is 176 cm³/mol. The smallest absolute Gasteiger partial charge is 0.318 e. The van der Waals surface area contributed by atoms with Crippen molar-refractivity contribution in [3.8, 4) is 22.5 Å². The number of hydrogen-bond donors (Lipinski definition) is 1. The molecule has 0 atom stereocenters. The van der Waals surface area contributed by atoms with Crippen LogP contribution in [0.15, 0.2) is 88.5 Å². The third kappa shape index (κ3) is 6.26. The van der Waals surface area contributed by atoms with Crippen molar-refractivity contribution in [1.29, 1.82) is 0 Å². The van der Waals surface area contributed by atoms with Crippen LogP contribution in [0, 0.1) is 0 Å². The van der Waals surface area contributed by atoms with E-state index in [0.29, 0.717) is 43.0 Å². The zero-order valence-corrected chi connectivity index (χ0v) is 25.8. The molecule has 0 aliphatic heterocycles. The number of aryl methyl sites for hydroxylation is 3. The van der Waals surface area contributed by atoms with Gasteiger partial charge in [-0.25, -0.2) is 14.9 Å². The average molecular weight is 603 g/mol. The van der Waals surface area contributed by atoms with Gasteiger partial charge in [-0.05, 0) is 51.9 Å². The fourth-order valence-electron chi connectivity index (χ4n) is 5.92. The van der Waals surface area contributed by atoms with Gasteiger partial charge in [0.1, 0.15) is 5.82 Å². The number of H-pyrrole nitrogens is 1. The summed E-state index contributed by atoms with van der Waals surface area (Å²) in [7, 11) is 0. The second-order valence-electron chi connectivity index (χ2n) is 11.4. The number of fused-ring (bicyclic) bond motifs is 1. The molecule has 3 aromatic heterocycles. The highest BCUT2D eigenvalue weighted by molar-refractivity contribution is 5.80. The molecule has 230 valence electrons. The number of tetrazole rings is 1. The maximum atomic E-state index is 14.1. The van der Waals surface area contributed by atoms with Crippen LogP contribution >= 0.6 is 0 Å². The summed E-state index contributed by atoms with van der Waals surface area (Å²) in [6, 6.07) is 26.3. The molecule has 0 spiro atoms. The summed E-state index contributed by atoms with van der Waals surface area (Å²) in [6.07, 6.45) is 5.21. The predicted octanol–water partition coefficient (Wildman–Crippen LogP) is 5.64. The van der Waals surface area contributed by atoms with Crippen LogP contribution in [0.2, 0.25) is 0 Å². The molecule has 0 aliphatic rings. The van der Waals surface area contributed by atoms with Gasteiger partial charge in [-0.15, -0.1) is 5.10 Å². The molecule has 0 bridgehead atoms. The molecule has 0 aliphatic carbocycles. The van der Waals surface area contributed by atoms with Crippen LogP contribution < -0.4 is 11.2 Å². The maximum absolute atomic E-state index is 14.1. The first-order valence-corrected chi connectivity index (χ1v) is 15.8. The zero-order valence-electron chi connectivity index (χ0n) is 25.8. The Bertz CT molecular complexity index is 1990. The minimum absolute atomic E-state index is 0.279. The molecule has 6 aromatic rings. The van der Waals surface area contributed by atoms with E-state index in [4.69, 9.17) is 4.98 Å². The van der Waals surface area contributed by atoms with Gasteiger partial charge in [0.05, 0.1) is 0 Å². The second kappa shape index (κ2) is 13.7. The lowest BCUT2D eigenvalue weighted by atomic mass is 9.98. The zero-order chi connectivity index (χ0) is 31.2. The van der Waals surface area contributed by atoms with Crippen LogP contribution in [0.1, 0.15) is 56.5 Å². The van der Waals surface area contributed by atoms with Gasteiger partial charge in [-0.3, -0.25) is 13.9 Å². The minimum Gasteiger partial charge on any atom is -0.318 e. The summed E-state index contributed by atoms with van der Waals surface area (Å²) in [6.45, 7) is 5.50. The highest BCUT2D eigenvalue weighted by Gasteiger charge is 2.22. The van der Waals surface area contributed by atoms with Crippen molar-refractivity contribution in [2.45, 2.75) is 72.0 Å². The first kappa shape index (κ1) is 29.9. The fourth-order valence-corrected chi connectivity index (χ4v) is 5.92. The van der Waals surface area contributed by atoms with Gasteiger partial charge < -0.3 is 4.57 Å². The van der Waals surface area contributed by atoms with Crippen LogP contribution in [0.4, 0.5) is 0 Å². The normalized spacial score (nSPS) is 11.4. The van der Waals surface area contributed by atoms with E-state index in [2.05, 4.69) is 51.8 Å². The van der Waals surface area contributed by atoms with Crippen molar-refractivity contribution in [2.24, 2.45) is 0 Å². The van der Waals surface area contributed by atoms with Crippen LogP contribution in [-0.2, 0) is 32.5 Å². The number of nitrogens with one attached hydrogen (secondary N) is 1. The number of nitrogens with zero attached hydrogens (tertiary/aromatic N) is 7. The van der Waals surface area contributed by atoms with E-state index < -0.39 is 0 Å². The Morgan fingerprint density at radius 2 is 1.47 bits per heavy atom. The molecule has 10 nitrogen and oxygen atoms in total. The minimum atomic E-state index is -0.292. The molecule has 0 unspecified atom stereocenters. The largest absolute Gasteiger partial charge is 0.332 e. The Morgan fingerprint density at radius 1 is 0.711 bits per heavy atom. The van der Waals surface area contributed by atoms with Crippen molar-refractivity contribution in [2.75, 3.05) is 0 Å². The maximum Gasteiger partial charge on any atom is 0.332 e. The molecule has 0 radical (unpaired) electrons. The van der Waals surface area contributed by atoms with E-state index in [1.54, 1.807) is 4.57 Å². The molecule has 3 heterocycles. The van der Waals surface area contributed by atoms with E-state index in [9.17, 15) is 9.59 Å². The van der Waals surface area contributed by atoms with Gasteiger partial charge in [-0.1, -0.05) is 106 Å². The van der Waals surface area contributed by atoms with E-state index in [1.807, 2.05) is 66.1 Å². The summed E-state index contributed by atoms with van der Waals surface area (Å²) in [4.78, 5) is 32.8. The van der Waals surface area contributed by atoms with Gasteiger partial charge >= 0.3 is 5.69 Å². The average Bonchev–Trinajstić information content (AvgIpc) is 3.73. The number of aromatic amines is 1. The Labute approximate surface area is 261 Å². The van der Waals surface area contributed by atoms with Gasteiger partial charge in [0, 0.05) is 31.6 Å². The van der Waals surface area contributed by atoms with Crippen LogP contribution in [0.5, 0.6) is 0 Å². The number of aromatic nitrogens is 8. The van der Waals surface area contributed by atoms with Crippen LogP contribution in [0.25, 0.3) is 33.7 Å². The van der Waals surface area contributed by atoms with Gasteiger partial charge in [0.15, 0.2) is 17.0 Å². The van der Waals surface area contributed by atoms with Gasteiger partial charge in [0.25, 0.3) is 5.56 Å². The topological polar surface area (TPSA) is 116 Å². The molecule has 0 fully saturated rings. The number of unbranched alkanes of at least 4 members (excludes halogenated alkanes) is 2. The van der Waals surface area contributed by atoms with E-state index >= 15 is 0 Å². The van der Waals surface area contributed by atoms with Crippen molar-refractivity contribution < 1.29 is 0 Å². The monoisotopic (exact) mass is 602 g/mol. The Hall–Kier alpha value is -5.12. The highest BCUT2D eigenvalue weighted by Crippen LogP contribution is 2.30. The lowest BCUT2D eigenvalue weighted by molar-refractivity contribution is 0.560. The molecule has 10 heteroatoms. The first-order chi connectivity index (χ1) is 22.1. The molecule has 0 saturated carbocycles. The third-order valence-corrected chi connectivity index (χ3v) is 8.24. The molecule has 3 aromatic carbocycles. The van der Waals surface area contributed by atoms with Crippen molar-refractivity contribution in [3.05, 3.63) is 117 Å². The quantitative estimate of drug-likeness (QED) is 0.171. The summed E-state index contributed by atoms with van der Waals surface area (Å²) in [5.41, 5.74) is 5.50. The standard InChI is InChI=1S/C35H38N8O2/c1-3-5-7-16-30-36-33-31(34(44)42(35(45)41(33)22-4-2)23-21-25-12-8-6-9-13-25)43(30)24-26-17-19-27(20-18-26)28-14-10-11-15-29(28)32-37-39-40-38-32/h6,8-15,17-20H,3-5,7,16,21-24H2,1-2H3,(H,37,38,39,40). The molecule has 6 rings (SSSR count). The summed E-state index contributed by atoms with van der Waals surface area (Å²) in [5, 5.41) is 14.4. The van der Waals surface area contributed by atoms with Crippen LogP contribution in [0.3, 0.4) is 0 Å². The second-order valence-corrected chi connectivity index (χ2v) is 11.4. The number of hydrogen-bond acceptors (Lipinski definition) is 6. The number of benzene rings is 3. The molecule has 1 N–H and O–H groups in total. The molecule has 0 saturated heterocycles. The van der Waals surface area contributed by atoms with Crippen molar-refractivity contribution >= 4 is 11.2 Å². The van der Waals surface area contributed by atoms with E-state index in [0.717, 1.165) is 65.7 Å².